The Morgan fingerprint density at radius 2 is 1.93 bits per heavy atom. The van der Waals surface area contributed by atoms with Crippen LogP contribution in [0.4, 0.5) is 0 Å². The lowest BCUT2D eigenvalue weighted by molar-refractivity contribution is -0.146. The van der Waals surface area contributed by atoms with Crippen LogP contribution >= 0.6 is 0 Å². The molecule has 0 aliphatic heterocycles. The summed E-state index contributed by atoms with van der Waals surface area (Å²) in [6, 6.07) is -1.44. The van der Waals surface area contributed by atoms with Crippen molar-refractivity contribution in [3.05, 3.63) is 0 Å². The van der Waals surface area contributed by atoms with Gasteiger partial charge in [0.2, 0.25) is 0 Å². The summed E-state index contributed by atoms with van der Waals surface area (Å²) in [5.41, 5.74) is 0. The zero-order chi connectivity index (χ0) is 11.1. The SMILES string of the molecule is CC#CC(=O)N[C@@H](CC(=O)O)C(=O)O. The second kappa shape index (κ2) is 5.59. The van der Waals surface area contributed by atoms with E-state index in [1.165, 1.54) is 6.92 Å². The molecule has 76 valence electrons. The first-order chi connectivity index (χ1) is 6.47. The van der Waals surface area contributed by atoms with Crippen molar-refractivity contribution >= 4 is 17.8 Å². The van der Waals surface area contributed by atoms with E-state index in [0.29, 0.717) is 0 Å². The predicted molar refractivity (Wildman–Crippen MR) is 45.3 cm³/mol. The highest BCUT2D eigenvalue weighted by atomic mass is 16.4. The molecule has 0 rings (SSSR count). The first-order valence-corrected chi connectivity index (χ1v) is 3.65. The van der Waals surface area contributed by atoms with Gasteiger partial charge in [0, 0.05) is 0 Å². The van der Waals surface area contributed by atoms with Gasteiger partial charge in [-0.1, -0.05) is 5.92 Å². The normalized spacial score (nSPS) is 10.6. The Balaban J connectivity index is 4.35. The van der Waals surface area contributed by atoms with E-state index in [1.807, 2.05) is 11.2 Å². The molecule has 6 nitrogen and oxygen atoms in total. The van der Waals surface area contributed by atoms with E-state index in [2.05, 4.69) is 5.92 Å². The lowest BCUT2D eigenvalue weighted by atomic mass is 10.2. The lowest BCUT2D eigenvalue weighted by Crippen LogP contribution is -2.41. The van der Waals surface area contributed by atoms with Crippen LogP contribution in [0.2, 0.25) is 0 Å². The third kappa shape index (κ3) is 4.77. The molecule has 0 saturated heterocycles. The molecule has 0 bridgehead atoms. The summed E-state index contributed by atoms with van der Waals surface area (Å²) >= 11 is 0. The minimum Gasteiger partial charge on any atom is -0.481 e. The number of aliphatic carboxylic acids is 2. The molecule has 0 fully saturated rings. The molecule has 0 aromatic heterocycles. The molecule has 0 spiro atoms. The van der Waals surface area contributed by atoms with Crippen LogP contribution in [0.1, 0.15) is 13.3 Å². The molecule has 6 heteroatoms. The maximum Gasteiger partial charge on any atom is 0.326 e. The van der Waals surface area contributed by atoms with E-state index >= 15 is 0 Å². The van der Waals surface area contributed by atoms with E-state index in [0.717, 1.165) is 0 Å². The Hall–Kier alpha value is -2.03. The van der Waals surface area contributed by atoms with E-state index in [-0.39, 0.29) is 0 Å². The first kappa shape index (κ1) is 12.0. The van der Waals surface area contributed by atoms with Gasteiger partial charge in [0.05, 0.1) is 6.42 Å². The molecule has 0 saturated carbocycles. The van der Waals surface area contributed by atoms with Crippen molar-refractivity contribution in [1.82, 2.24) is 5.32 Å². The van der Waals surface area contributed by atoms with Gasteiger partial charge in [-0.2, -0.15) is 0 Å². The van der Waals surface area contributed by atoms with Crippen LogP contribution in [0.5, 0.6) is 0 Å². The highest BCUT2D eigenvalue weighted by Gasteiger charge is 2.21. The molecule has 0 aliphatic rings. The Bertz CT molecular complexity index is 311. The number of amides is 1. The number of carboxylic acid groups (broad SMARTS) is 2. The smallest absolute Gasteiger partial charge is 0.326 e. The monoisotopic (exact) mass is 199 g/mol. The Labute approximate surface area is 79.9 Å². The van der Waals surface area contributed by atoms with Gasteiger partial charge in [-0.25, -0.2) is 4.79 Å². The number of carbonyl (C=O) groups excluding carboxylic acids is 1. The van der Waals surface area contributed by atoms with Crippen LogP contribution < -0.4 is 5.32 Å². The zero-order valence-corrected chi connectivity index (χ0v) is 7.40. The van der Waals surface area contributed by atoms with Crippen molar-refractivity contribution in [2.45, 2.75) is 19.4 Å². The molecule has 0 radical (unpaired) electrons. The topological polar surface area (TPSA) is 104 Å². The quantitative estimate of drug-likeness (QED) is 0.506. The maximum absolute atomic E-state index is 10.8. The van der Waals surface area contributed by atoms with Crippen LogP contribution in [-0.4, -0.2) is 34.1 Å². The second-order valence-electron chi connectivity index (χ2n) is 2.34. The van der Waals surface area contributed by atoms with E-state index in [1.54, 1.807) is 0 Å². The number of hydrogen-bond donors (Lipinski definition) is 3. The predicted octanol–water partition coefficient (Wildman–Crippen LogP) is -0.946. The van der Waals surface area contributed by atoms with Crippen molar-refractivity contribution in [2.24, 2.45) is 0 Å². The van der Waals surface area contributed by atoms with Crippen LogP contribution in [0.25, 0.3) is 0 Å². The van der Waals surface area contributed by atoms with Crippen molar-refractivity contribution in [3.8, 4) is 11.8 Å². The third-order valence-corrected chi connectivity index (χ3v) is 1.22. The summed E-state index contributed by atoms with van der Waals surface area (Å²) in [4.78, 5) is 31.4. The molecule has 0 unspecified atom stereocenters. The number of carbonyl (C=O) groups is 3. The summed E-state index contributed by atoms with van der Waals surface area (Å²) in [5, 5.41) is 18.8. The Kier molecular flexibility index (Phi) is 4.78. The molecular formula is C8H9NO5. The van der Waals surface area contributed by atoms with Gasteiger partial charge in [-0.15, -0.1) is 0 Å². The number of carboxylic acids is 2. The van der Waals surface area contributed by atoms with Crippen LogP contribution in [0, 0.1) is 11.8 Å². The fourth-order valence-electron chi connectivity index (χ4n) is 0.683. The van der Waals surface area contributed by atoms with Crippen molar-refractivity contribution < 1.29 is 24.6 Å². The van der Waals surface area contributed by atoms with Gasteiger partial charge in [-0.3, -0.25) is 9.59 Å². The van der Waals surface area contributed by atoms with Crippen molar-refractivity contribution in [1.29, 1.82) is 0 Å². The van der Waals surface area contributed by atoms with Gasteiger partial charge < -0.3 is 15.5 Å². The molecule has 0 heterocycles. The average Bonchev–Trinajstić information content (AvgIpc) is 2.02. The van der Waals surface area contributed by atoms with Crippen LogP contribution in [-0.2, 0) is 14.4 Å². The van der Waals surface area contributed by atoms with Gasteiger partial charge in [0.25, 0.3) is 5.91 Å². The zero-order valence-electron chi connectivity index (χ0n) is 7.40. The third-order valence-electron chi connectivity index (χ3n) is 1.22. The maximum atomic E-state index is 10.8. The van der Waals surface area contributed by atoms with Crippen molar-refractivity contribution in [2.75, 3.05) is 0 Å². The molecule has 1 amide bonds. The second-order valence-corrected chi connectivity index (χ2v) is 2.34. The Morgan fingerprint density at radius 3 is 2.29 bits per heavy atom. The number of nitrogens with one attached hydrogen (secondary N) is 1. The number of hydrogen-bond acceptors (Lipinski definition) is 3. The first-order valence-electron chi connectivity index (χ1n) is 3.65. The van der Waals surface area contributed by atoms with Gasteiger partial charge in [0.15, 0.2) is 0 Å². The molecule has 0 aromatic carbocycles. The summed E-state index contributed by atoms with van der Waals surface area (Å²) in [6.07, 6.45) is -0.674. The fourth-order valence-corrected chi connectivity index (χ4v) is 0.683. The molecule has 0 aliphatic carbocycles. The van der Waals surface area contributed by atoms with Crippen LogP contribution in [0.3, 0.4) is 0 Å². The van der Waals surface area contributed by atoms with Gasteiger partial charge in [-0.05, 0) is 12.8 Å². The molecular weight excluding hydrogens is 190 g/mol. The highest BCUT2D eigenvalue weighted by Crippen LogP contribution is 1.92. The van der Waals surface area contributed by atoms with Gasteiger partial charge >= 0.3 is 11.9 Å². The summed E-state index contributed by atoms with van der Waals surface area (Å²) in [5.74, 6) is 0.798. The Morgan fingerprint density at radius 1 is 1.36 bits per heavy atom. The minimum atomic E-state index is -1.44. The highest BCUT2D eigenvalue weighted by molar-refractivity contribution is 5.96. The molecule has 3 N–H and O–H groups in total. The minimum absolute atomic E-state index is 0.674. The standard InChI is InChI=1S/C8H9NO5/c1-2-3-6(10)9-5(8(13)14)4-7(11)12/h5H,4H2,1H3,(H,9,10)(H,11,12)(H,13,14)/t5-/m0/s1. The average molecular weight is 199 g/mol. The lowest BCUT2D eigenvalue weighted by Gasteiger charge is -2.08. The van der Waals surface area contributed by atoms with Crippen LogP contribution in [0.15, 0.2) is 0 Å². The van der Waals surface area contributed by atoms with E-state index in [4.69, 9.17) is 10.2 Å². The summed E-state index contributed by atoms with van der Waals surface area (Å²) < 4.78 is 0. The van der Waals surface area contributed by atoms with Gasteiger partial charge in [0.1, 0.15) is 6.04 Å². The largest absolute Gasteiger partial charge is 0.481 e. The summed E-state index contributed by atoms with van der Waals surface area (Å²) in [7, 11) is 0. The summed E-state index contributed by atoms with van der Waals surface area (Å²) in [6.45, 7) is 1.41. The number of rotatable bonds is 4. The molecule has 0 aromatic rings. The van der Waals surface area contributed by atoms with Crippen molar-refractivity contribution in [3.63, 3.8) is 0 Å². The molecule has 14 heavy (non-hydrogen) atoms. The van der Waals surface area contributed by atoms with E-state index < -0.39 is 30.3 Å². The fraction of sp³-hybridized carbons (Fsp3) is 0.375. The van der Waals surface area contributed by atoms with E-state index in [9.17, 15) is 14.4 Å². The molecule has 1 atom stereocenters.